The fourth-order valence-electron chi connectivity index (χ4n) is 10.0. The van der Waals surface area contributed by atoms with Crippen molar-refractivity contribution in [3.05, 3.63) is 228 Å². The van der Waals surface area contributed by atoms with Crippen LogP contribution in [0.25, 0.3) is 43.1 Å². The Balaban J connectivity index is 0.00000239. The topological polar surface area (TPSA) is 65.3 Å². The van der Waals surface area contributed by atoms with Crippen molar-refractivity contribution >= 4 is 80.0 Å². The molecule has 0 unspecified atom stereocenters. The van der Waals surface area contributed by atoms with Gasteiger partial charge in [0.15, 0.2) is 0 Å². The number of carbonyl (C=O) groups is 2. The molecule has 0 N–H and O–H groups in total. The molecular weight excluding hydrogens is 947 g/mol. The van der Waals surface area contributed by atoms with E-state index >= 15 is 0 Å². The number of hydrogen-bond donors (Lipinski definition) is 0. The molecule has 2 aliphatic rings. The summed E-state index contributed by atoms with van der Waals surface area (Å²) in [6.45, 7) is 3.23. The summed E-state index contributed by atoms with van der Waals surface area (Å²) in [7, 11) is 0. The fourth-order valence-corrected chi connectivity index (χ4v) is 10.0. The van der Waals surface area contributed by atoms with Crippen LogP contribution in [-0.2, 0) is 26.8 Å². The summed E-state index contributed by atoms with van der Waals surface area (Å²) in [6, 6.07) is 66.4. The minimum absolute atomic E-state index is 0.126. The molecule has 0 radical (unpaired) electrons. The van der Waals surface area contributed by atoms with E-state index in [0.717, 1.165) is 65.3 Å². The summed E-state index contributed by atoms with van der Waals surface area (Å²) < 4.78 is 0. The van der Waals surface area contributed by atoms with Crippen molar-refractivity contribution in [2.24, 2.45) is 9.98 Å². The number of rotatable bonds is 6. The van der Waals surface area contributed by atoms with Gasteiger partial charge in [-0.25, -0.2) is 0 Å². The van der Waals surface area contributed by atoms with Crippen LogP contribution in [0.3, 0.4) is 0 Å². The number of amides is 2. The second kappa shape index (κ2) is 17.5. The van der Waals surface area contributed by atoms with Gasteiger partial charge in [0.05, 0.1) is 35.8 Å². The molecule has 0 saturated carbocycles. The van der Waals surface area contributed by atoms with Crippen LogP contribution in [0.4, 0.5) is 0 Å². The van der Waals surface area contributed by atoms with Crippen LogP contribution in [-0.4, -0.2) is 33.3 Å². The third-order valence-corrected chi connectivity index (χ3v) is 12.7. The van der Waals surface area contributed by atoms with Gasteiger partial charge in [0.25, 0.3) is 0 Å². The van der Waals surface area contributed by atoms with Crippen LogP contribution in [0, 0.1) is 6.07 Å². The predicted molar refractivity (Wildman–Crippen MR) is 259 cm³/mol. The predicted octanol–water partition coefficient (Wildman–Crippen LogP) is 13.1. The van der Waals surface area contributed by atoms with E-state index in [9.17, 15) is 9.59 Å². The van der Waals surface area contributed by atoms with E-state index in [2.05, 4.69) is 170 Å². The Bertz CT molecular complexity index is 3110. The van der Waals surface area contributed by atoms with Gasteiger partial charge in [0.1, 0.15) is 0 Å². The third kappa shape index (κ3) is 7.17. The van der Waals surface area contributed by atoms with Gasteiger partial charge in [-0.15, -0.1) is 24.3 Å². The summed E-state index contributed by atoms with van der Waals surface area (Å²) >= 11 is 5.35. The first-order valence-electron chi connectivity index (χ1n) is 21.3. The van der Waals surface area contributed by atoms with Gasteiger partial charge in [-0.05, 0) is 65.3 Å². The molecule has 314 valence electrons. The number of halogens is 1. The van der Waals surface area contributed by atoms with E-state index in [1.165, 1.54) is 0 Å². The number of amidine groups is 2. The molecule has 64 heavy (non-hydrogen) atoms. The summed E-state index contributed by atoms with van der Waals surface area (Å²) in [4.78, 5) is 43.2. The van der Waals surface area contributed by atoms with Crippen LogP contribution in [0.1, 0.15) is 71.4 Å². The van der Waals surface area contributed by atoms with Gasteiger partial charge in [-0.3, -0.25) is 19.6 Å². The summed E-state index contributed by atoms with van der Waals surface area (Å²) in [5.41, 5.74) is 5.41. The molecule has 0 saturated heterocycles. The van der Waals surface area contributed by atoms with E-state index < -0.39 is 24.2 Å². The fraction of sp³-hybridized carbons (Fsp3) is 0.107. The number of fused-ring (bicyclic) bond motifs is 4. The Morgan fingerprint density at radius 2 is 0.703 bits per heavy atom. The van der Waals surface area contributed by atoms with E-state index in [1.54, 1.807) is 13.8 Å². The second-order valence-electron chi connectivity index (χ2n) is 16.2. The van der Waals surface area contributed by atoms with Gasteiger partial charge in [-0.1, -0.05) is 181 Å². The van der Waals surface area contributed by atoms with Crippen molar-refractivity contribution in [3.63, 3.8) is 0 Å². The first-order chi connectivity index (χ1) is 31.4. The van der Waals surface area contributed by atoms with E-state index in [1.807, 2.05) is 64.4 Å². The quantitative estimate of drug-likeness (QED) is 0.123. The molecule has 2 heterocycles. The zero-order valence-corrected chi connectivity index (χ0v) is 38.1. The van der Waals surface area contributed by atoms with Gasteiger partial charge in [0, 0.05) is 13.8 Å². The molecule has 0 bridgehead atoms. The van der Waals surface area contributed by atoms with Gasteiger partial charge < -0.3 is 9.80 Å². The normalized spacial score (nSPS) is 18.3. The number of aliphatic imine (C=N–C) groups is 2. The molecule has 9 aromatic rings. The Kier molecular flexibility index (Phi) is 11.4. The molecular formula is C56H41BrN4O2Pd. The van der Waals surface area contributed by atoms with E-state index in [-0.39, 0.29) is 11.8 Å². The Morgan fingerprint density at radius 3 is 1.05 bits per heavy atom. The first kappa shape index (κ1) is 41.5. The van der Waals surface area contributed by atoms with Crippen molar-refractivity contribution in [2.75, 3.05) is 0 Å². The molecule has 0 aromatic heterocycles. The number of nitrogens with zero attached hydrogens (tertiary/aromatic N) is 4. The maximum atomic E-state index is 14.2. The standard InChI is InChI=1S/C56H41N4O2.BrH.Pd/c1-35(61)59-53(49-32-14-22-39-18-5-9-28-45(39)49)51(47-30-12-20-37-16-3-7-26-43(37)47)57-55(59)41-24-11-25-42(34-41)56-58-52(48-31-13-21-38-17-4-8-27-44(38)48)54(60(56)36(2)62)50-33-15-23-40-19-6-10-29-46(40)50;;/h3-33,51-54H,1-2H3;1H;/q-1;;+2/p-1/t51-,52-,53-,54-;;/m0../s1. The Hall–Kier alpha value is -6.56. The molecule has 0 spiro atoms. The minimum atomic E-state index is -0.444. The van der Waals surface area contributed by atoms with E-state index in [0.29, 0.717) is 22.8 Å². The monoisotopic (exact) mass is 986 g/mol. The van der Waals surface area contributed by atoms with Gasteiger partial charge in [0.2, 0.25) is 11.8 Å². The average molecular weight is 988 g/mol. The zero-order chi connectivity index (χ0) is 43.9. The van der Waals surface area contributed by atoms with Crippen molar-refractivity contribution in [1.82, 2.24) is 9.80 Å². The second-order valence-corrected chi connectivity index (χ2v) is 16.2. The summed E-state index contributed by atoms with van der Waals surface area (Å²) in [5, 5.41) is 8.73. The average Bonchev–Trinajstić information content (AvgIpc) is 3.95. The molecule has 0 fully saturated rings. The van der Waals surface area contributed by atoms with Crippen LogP contribution >= 0.6 is 13.4 Å². The third-order valence-electron chi connectivity index (χ3n) is 12.7. The van der Waals surface area contributed by atoms with Crippen molar-refractivity contribution < 1.29 is 26.8 Å². The first-order valence-corrected chi connectivity index (χ1v) is 24.8. The zero-order valence-electron chi connectivity index (χ0n) is 35.0. The molecule has 2 amide bonds. The number of benzene rings is 9. The summed E-state index contributed by atoms with van der Waals surface area (Å²) in [5.74, 6) is 0.802. The molecule has 6 nitrogen and oxygen atoms in total. The molecule has 2 aliphatic heterocycles. The summed E-state index contributed by atoms with van der Waals surface area (Å²) in [6.07, 6.45) is 0. The molecule has 8 heteroatoms. The van der Waals surface area contributed by atoms with E-state index in [4.69, 9.17) is 9.98 Å². The van der Waals surface area contributed by atoms with Crippen LogP contribution in [0.5, 0.6) is 0 Å². The number of carbonyl (C=O) groups excluding carboxylic acids is 2. The molecule has 0 aliphatic carbocycles. The van der Waals surface area contributed by atoms with Crippen LogP contribution in [0.2, 0.25) is 0 Å². The molecule has 11 rings (SSSR count). The SMILES string of the molecule is CC(=O)N1C(c2[c-]c(C3=N[C@@H](c4cccc5ccccc45)[C@H](c4cccc5ccccc45)N3C(C)=O)ccc2)=N[C@@H](c2cccc3ccccc23)[C@@H]1c1cccc2ccccc12.[Br][Pd+]. The van der Waals surface area contributed by atoms with Crippen molar-refractivity contribution in [1.29, 1.82) is 0 Å². The van der Waals surface area contributed by atoms with Crippen molar-refractivity contribution in [3.8, 4) is 0 Å². The van der Waals surface area contributed by atoms with Crippen LogP contribution < -0.4 is 0 Å². The molecule has 4 atom stereocenters. The maximum absolute atomic E-state index is 14.2. The van der Waals surface area contributed by atoms with Gasteiger partial charge in [-0.2, -0.15) is 0 Å². The van der Waals surface area contributed by atoms with Crippen molar-refractivity contribution in [2.45, 2.75) is 38.0 Å². The molecule has 9 aromatic carbocycles. The Morgan fingerprint density at radius 1 is 0.422 bits per heavy atom. The number of hydrogen-bond acceptors (Lipinski definition) is 4. The Labute approximate surface area is 389 Å². The van der Waals surface area contributed by atoms with Crippen LogP contribution in [0.15, 0.2) is 198 Å². The van der Waals surface area contributed by atoms with Gasteiger partial charge >= 0.3 is 30.6 Å².